The standard InChI is InChI=1S/C29H37Cl2N3O2/c30-23-8-10-25(11-9-23)34-16-13-22(19-34)29(35)32-24(20-33-14-3-4-15-33)17-21-7-12-28(27(31)18-21)36-26-5-1-2-6-26/h7-12,18,22,24,26H,1-6,13-17,19-20H2,(H,32,35). The van der Waals surface area contributed by atoms with Crippen molar-refractivity contribution >= 4 is 34.8 Å². The molecule has 1 N–H and O–H groups in total. The van der Waals surface area contributed by atoms with Crippen molar-refractivity contribution in [1.82, 2.24) is 10.2 Å². The number of carbonyl (C=O) groups is 1. The zero-order valence-corrected chi connectivity index (χ0v) is 22.4. The van der Waals surface area contributed by atoms with Crippen LogP contribution in [0.4, 0.5) is 5.69 Å². The average Bonchev–Trinajstić information content (AvgIpc) is 3.65. The molecule has 2 heterocycles. The number of amides is 1. The van der Waals surface area contributed by atoms with Crippen molar-refractivity contribution < 1.29 is 9.53 Å². The molecule has 1 saturated carbocycles. The highest BCUT2D eigenvalue weighted by Crippen LogP contribution is 2.31. The molecular formula is C29H37Cl2N3O2. The predicted octanol–water partition coefficient (Wildman–Crippen LogP) is 5.96. The van der Waals surface area contributed by atoms with Crippen LogP contribution in [0.5, 0.6) is 5.75 Å². The molecular weight excluding hydrogens is 493 g/mol. The van der Waals surface area contributed by atoms with E-state index >= 15 is 0 Å². The normalized spacial score (nSPS) is 21.7. The molecule has 3 fully saturated rings. The second-order valence-corrected chi connectivity index (χ2v) is 11.5. The van der Waals surface area contributed by atoms with E-state index in [4.69, 9.17) is 27.9 Å². The molecule has 2 saturated heterocycles. The quantitative estimate of drug-likeness (QED) is 0.434. The van der Waals surface area contributed by atoms with E-state index in [1.165, 1.54) is 25.7 Å². The number of nitrogens with one attached hydrogen (secondary N) is 1. The maximum absolute atomic E-state index is 13.3. The summed E-state index contributed by atoms with van der Waals surface area (Å²) in [6.07, 6.45) is 9.07. The fourth-order valence-electron chi connectivity index (χ4n) is 5.86. The van der Waals surface area contributed by atoms with Gasteiger partial charge in [-0.3, -0.25) is 4.79 Å². The third kappa shape index (κ3) is 6.67. The van der Waals surface area contributed by atoms with Crippen LogP contribution < -0.4 is 15.0 Å². The minimum atomic E-state index is -0.00692. The van der Waals surface area contributed by atoms with Crippen molar-refractivity contribution in [2.24, 2.45) is 5.92 Å². The monoisotopic (exact) mass is 529 g/mol. The number of anilines is 1. The summed E-state index contributed by atoms with van der Waals surface area (Å²) in [4.78, 5) is 18.1. The van der Waals surface area contributed by atoms with Crippen molar-refractivity contribution in [1.29, 1.82) is 0 Å². The molecule has 1 amide bonds. The Morgan fingerprint density at radius 1 is 0.972 bits per heavy atom. The highest BCUT2D eigenvalue weighted by Gasteiger charge is 2.30. The van der Waals surface area contributed by atoms with E-state index in [0.717, 1.165) is 80.4 Å². The summed E-state index contributed by atoms with van der Waals surface area (Å²) in [5.41, 5.74) is 2.26. The summed E-state index contributed by atoms with van der Waals surface area (Å²) in [5, 5.41) is 4.80. The lowest BCUT2D eigenvalue weighted by atomic mass is 10.0. The molecule has 0 aromatic heterocycles. The van der Waals surface area contributed by atoms with Crippen LogP contribution in [-0.2, 0) is 11.2 Å². The number of hydrogen-bond acceptors (Lipinski definition) is 4. The van der Waals surface area contributed by atoms with Gasteiger partial charge in [-0.15, -0.1) is 0 Å². The molecule has 0 spiro atoms. The molecule has 3 aliphatic rings. The van der Waals surface area contributed by atoms with Crippen molar-refractivity contribution in [2.45, 2.75) is 63.5 Å². The molecule has 2 aliphatic heterocycles. The molecule has 2 unspecified atom stereocenters. The van der Waals surface area contributed by atoms with Crippen LogP contribution >= 0.6 is 23.2 Å². The summed E-state index contributed by atoms with van der Waals surface area (Å²) in [6, 6.07) is 14.1. The highest BCUT2D eigenvalue weighted by atomic mass is 35.5. The van der Waals surface area contributed by atoms with Gasteiger partial charge in [-0.05, 0) is 106 Å². The SMILES string of the molecule is O=C(NC(Cc1ccc(OC2CCCC2)c(Cl)c1)CN1CCCC1)C1CCN(c2ccc(Cl)cc2)C1. The summed E-state index contributed by atoms with van der Waals surface area (Å²) in [5.74, 6) is 0.927. The zero-order chi connectivity index (χ0) is 24.9. The van der Waals surface area contributed by atoms with Crippen molar-refractivity contribution in [3.8, 4) is 5.75 Å². The van der Waals surface area contributed by atoms with E-state index in [-0.39, 0.29) is 24.0 Å². The van der Waals surface area contributed by atoms with Crippen LogP contribution in [0, 0.1) is 5.92 Å². The first-order valence-corrected chi connectivity index (χ1v) is 14.3. The maximum atomic E-state index is 13.3. The Bertz CT molecular complexity index is 1020. The topological polar surface area (TPSA) is 44.8 Å². The lowest BCUT2D eigenvalue weighted by molar-refractivity contribution is -0.125. The van der Waals surface area contributed by atoms with Crippen LogP contribution in [-0.4, -0.2) is 55.7 Å². The van der Waals surface area contributed by atoms with E-state index in [0.29, 0.717) is 5.02 Å². The van der Waals surface area contributed by atoms with E-state index in [2.05, 4.69) is 21.2 Å². The summed E-state index contributed by atoms with van der Waals surface area (Å²) >= 11 is 12.7. The molecule has 36 heavy (non-hydrogen) atoms. The Balaban J connectivity index is 1.21. The van der Waals surface area contributed by atoms with Crippen molar-refractivity contribution in [3.63, 3.8) is 0 Å². The second kappa shape index (κ2) is 12.1. The Labute approximate surface area is 225 Å². The molecule has 7 heteroatoms. The lowest BCUT2D eigenvalue weighted by Gasteiger charge is -2.26. The van der Waals surface area contributed by atoms with Crippen LogP contribution in [0.25, 0.3) is 0 Å². The smallest absolute Gasteiger partial charge is 0.225 e. The fraction of sp³-hybridized carbons (Fsp3) is 0.552. The summed E-state index contributed by atoms with van der Waals surface area (Å²) in [7, 11) is 0. The molecule has 2 aromatic carbocycles. The second-order valence-electron chi connectivity index (χ2n) is 10.6. The van der Waals surface area contributed by atoms with E-state index in [1.807, 2.05) is 36.4 Å². The van der Waals surface area contributed by atoms with Gasteiger partial charge in [0.05, 0.1) is 17.0 Å². The molecule has 5 nitrogen and oxygen atoms in total. The van der Waals surface area contributed by atoms with E-state index in [9.17, 15) is 4.79 Å². The number of rotatable bonds is 9. The van der Waals surface area contributed by atoms with E-state index in [1.54, 1.807) is 0 Å². The fourth-order valence-corrected chi connectivity index (χ4v) is 6.23. The number of carbonyl (C=O) groups excluding carboxylic acids is 1. The predicted molar refractivity (Wildman–Crippen MR) is 147 cm³/mol. The number of benzene rings is 2. The molecule has 194 valence electrons. The molecule has 1 aliphatic carbocycles. The number of ether oxygens (including phenoxy) is 1. The van der Waals surface area contributed by atoms with Gasteiger partial charge in [-0.1, -0.05) is 29.3 Å². The Morgan fingerprint density at radius 2 is 1.72 bits per heavy atom. The number of nitrogens with zero attached hydrogens (tertiary/aromatic N) is 2. The minimum Gasteiger partial charge on any atom is -0.489 e. The van der Waals surface area contributed by atoms with Gasteiger partial charge in [0.1, 0.15) is 5.75 Å². The van der Waals surface area contributed by atoms with Gasteiger partial charge < -0.3 is 19.9 Å². The Hall–Kier alpha value is -1.95. The first kappa shape index (κ1) is 25.7. The van der Waals surface area contributed by atoms with Crippen LogP contribution in [0.2, 0.25) is 10.0 Å². The molecule has 0 radical (unpaired) electrons. The molecule has 2 aromatic rings. The first-order valence-electron chi connectivity index (χ1n) is 13.5. The van der Waals surface area contributed by atoms with Crippen molar-refractivity contribution in [2.75, 3.05) is 37.6 Å². The maximum Gasteiger partial charge on any atom is 0.225 e. The minimum absolute atomic E-state index is 0.00692. The summed E-state index contributed by atoms with van der Waals surface area (Å²) < 4.78 is 6.14. The Kier molecular flexibility index (Phi) is 8.61. The van der Waals surface area contributed by atoms with Gasteiger partial charge in [0.2, 0.25) is 5.91 Å². The van der Waals surface area contributed by atoms with Gasteiger partial charge in [0.15, 0.2) is 0 Å². The third-order valence-electron chi connectivity index (χ3n) is 7.85. The largest absolute Gasteiger partial charge is 0.489 e. The number of halogens is 2. The number of hydrogen-bond donors (Lipinski definition) is 1. The van der Waals surface area contributed by atoms with Gasteiger partial charge in [0.25, 0.3) is 0 Å². The van der Waals surface area contributed by atoms with Crippen molar-refractivity contribution in [3.05, 3.63) is 58.1 Å². The molecule has 0 bridgehead atoms. The summed E-state index contributed by atoms with van der Waals surface area (Å²) in [6.45, 7) is 4.71. The molecule has 2 atom stereocenters. The van der Waals surface area contributed by atoms with E-state index < -0.39 is 0 Å². The first-order chi connectivity index (χ1) is 17.5. The average molecular weight is 531 g/mol. The van der Waals surface area contributed by atoms with Gasteiger partial charge in [-0.2, -0.15) is 0 Å². The highest BCUT2D eigenvalue weighted by molar-refractivity contribution is 6.32. The molecule has 5 rings (SSSR count). The van der Waals surface area contributed by atoms with Gasteiger partial charge in [-0.25, -0.2) is 0 Å². The Morgan fingerprint density at radius 3 is 2.44 bits per heavy atom. The number of likely N-dealkylation sites (tertiary alicyclic amines) is 1. The third-order valence-corrected chi connectivity index (χ3v) is 8.40. The van der Waals surface area contributed by atoms with Crippen LogP contribution in [0.1, 0.15) is 50.5 Å². The zero-order valence-electron chi connectivity index (χ0n) is 20.9. The van der Waals surface area contributed by atoms with Gasteiger partial charge in [0, 0.05) is 36.4 Å². The van der Waals surface area contributed by atoms with Crippen LogP contribution in [0.15, 0.2) is 42.5 Å². The lowest BCUT2D eigenvalue weighted by Crippen LogP contribution is -2.46. The van der Waals surface area contributed by atoms with Crippen LogP contribution in [0.3, 0.4) is 0 Å². The van der Waals surface area contributed by atoms with Gasteiger partial charge >= 0.3 is 0 Å².